The van der Waals surface area contributed by atoms with Crippen molar-refractivity contribution < 1.29 is 0 Å². The topological polar surface area (TPSA) is 0 Å². The summed E-state index contributed by atoms with van der Waals surface area (Å²) in [6.45, 7) is 9.41. The van der Waals surface area contributed by atoms with Crippen LogP contribution in [-0.4, -0.2) is 13.8 Å². The van der Waals surface area contributed by atoms with Crippen LogP contribution >= 0.6 is 11.8 Å². The van der Waals surface area contributed by atoms with Crippen LogP contribution in [0.4, 0.5) is 0 Å². The standard InChI is InChI=1S/C44H37SSi/c1-35-34-42(23-22-41-26-30-44(31-27-41)45-32-7-33-46(2,3)4)25-29-43(35)28-24-40-20-18-39(19-21-40)17-16-38-14-12-37(13-15-38)11-10-36-8-5-6-9-36/h5-6,8-9,12-15,18-21,25-27,29-31,34H,7,32-33H2,1-4H3. The summed E-state index contributed by atoms with van der Waals surface area (Å²) in [6, 6.07) is 32.3. The summed E-state index contributed by atoms with van der Waals surface area (Å²) in [4.78, 5) is 1.32. The van der Waals surface area contributed by atoms with Crippen molar-refractivity contribution in [2.45, 2.75) is 43.9 Å². The number of hydrogen-bond donors (Lipinski definition) is 0. The molecule has 0 heterocycles. The van der Waals surface area contributed by atoms with Crippen molar-refractivity contribution in [1.29, 1.82) is 0 Å². The minimum atomic E-state index is -0.943. The molecule has 1 fully saturated rings. The molecule has 4 aromatic rings. The Bertz CT molecular complexity index is 1870. The SMILES string of the molecule is Cc1cc(C#Cc2ccc(SCCC[Si](C)(C)C)cc2)ccc1C#Cc1ccc(C#Cc2ccc(C#C[C]3[CH][CH][CH][CH]3)cc2)cc1. The lowest BCUT2D eigenvalue weighted by molar-refractivity contribution is 1.06. The third-order valence-corrected chi connectivity index (χ3v) is 10.2. The molecule has 4 aromatic carbocycles. The molecule has 2 heteroatoms. The van der Waals surface area contributed by atoms with E-state index in [-0.39, 0.29) is 0 Å². The summed E-state index contributed by atoms with van der Waals surface area (Å²) in [5.41, 5.74) is 8.01. The van der Waals surface area contributed by atoms with Crippen LogP contribution in [0.25, 0.3) is 0 Å². The zero-order chi connectivity index (χ0) is 32.2. The van der Waals surface area contributed by atoms with Gasteiger partial charge in [0.05, 0.1) is 5.92 Å². The van der Waals surface area contributed by atoms with E-state index in [0.29, 0.717) is 0 Å². The maximum atomic E-state index is 3.32. The lowest BCUT2D eigenvalue weighted by Gasteiger charge is -2.14. The zero-order valence-electron chi connectivity index (χ0n) is 27.0. The molecule has 1 aliphatic rings. The van der Waals surface area contributed by atoms with Crippen LogP contribution in [0, 0.1) is 85.9 Å². The zero-order valence-corrected chi connectivity index (χ0v) is 28.8. The van der Waals surface area contributed by atoms with E-state index in [9.17, 15) is 0 Å². The van der Waals surface area contributed by atoms with Gasteiger partial charge < -0.3 is 0 Å². The highest BCUT2D eigenvalue weighted by molar-refractivity contribution is 7.99. The first kappa shape index (κ1) is 33.1. The third kappa shape index (κ3) is 10.9. The van der Waals surface area contributed by atoms with Gasteiger partial charge in [0, 0.05) is 51.9 Å². The van der Waals surface area contributed by atoms with Gasteiger partial charge in [-0.15, -0.1) is 11.8 Å². The lowest BCUT2D eigenvalue weighted by Crippen LogP contribution is -2.18. The van der Waals surface area contributed by atoms with Gasteiger partial charge in [0.2, 0.25) is 0 Å². The van der Waals surface area contributed by atoms with Gasteiger partial charge in [-0.1, -0.05) is 73.0 Å². The molecule has 0 aliphatic heterocycles. The van der Waals surface area contributed by atoms with E-state index in [2.05, 4.69) is 110 Å². The number of rotatable bonds is 5. The van der Waals surface area contributed by atoms with Crippen LogP contribution in [0.5, 0.6) is 0 Å². The van der Waals surface area contributed by atoms with Gasteiger partial charge in [0.15, 0.2) is 0 Å². The summed E-state index contributed by atoms with van der Waals surface area (Å²) < 4.78 is 0. The molecule has 46 heavy (non-hydrogen) atoms. The maximum Gasteiger partial charge on any atom is 0.0558 e. The van der Waals surface area contributed by atoms with Crippen molar-refractivity contribution in [1.82, 2.24) is 0 Å². The smallest absolute Gasteiger partial charge is 0.0558 e. The summed E-state index contributed by atoms with van der Waals surface area (Å²) in [7, 11) is -0.943. The summed E-state index contributed by atoms with van der Waals surface area (Å²) in [5, 5.41) is 0. The fraction of sp³-hybridized carbons (Fsp3) is 0.159. The molecule has 5 rings (SSSR count). The van der Waals surface area contributed by atoms with Crippen molar-refractivity contribution in [3.05, 3.63) is 167 Å². The van der Waals surface area contributed by atoms with Crippen LogP contribution in [0.1, 0.15) is 50.9 Å². The molecule has 0 spiro atoms. The molecule has 0 saturated heterocycles. The number of aryl methyl sites for hydroxylation is 1. The second-order valence-corrected chi connectivity index (χ2v) is 19.2. The van der Waals surface area contributed by atoms with E-state index in [1.165, 1.54) is 23.1 Å². The van der Waals surface area contributed by atoms with Crippen LogP contribution in [0.15, 0.2) is 95.9 Å². The van der Waals surface area contributed by atoms with Gasteiger partial charge in [-0.25, -0.2) is 0 Å². The van der Waals surface area contributed by atoms with Gasteiger partial charge in [0.1, 0.15) is 0 Å². The van der Waals surface area contributed by atoms with Crippen LogP contribution in [0.2, 0.25) is 25.7 Å². The fourth-order valence-corrected chi connectivity index (χ4v) is 6.96. The molecule has 0 unspecified atom stereocenters. The minimum Gasteiger partial charge on any atom is -0.126 e. The van der Waals surface area contributed by atoms with E-state index < -0.39 is 8.07 Å². The first-order valence-corrected chi connectivity index (χ1v) is 20.3. The van der Waals surface area contributed by atoms with Gasteiger partial charge in [-0.3, -0.25) is 0 Å². The van der Waals surface area contributed by atoms with E-state index >= 15 is 0 Å². The highest BCUT2D eigenvalue weighted by atomic mass is 32.2. The molecule has 0 aromatic heterocycles. The lowest BCUT2D eigenvalue weighted by atomic mass is 10.0. The monoisotopic (exact) mass is 625 g/mol. The molecule has 5 radical (unpaired) electrons. The average Bonchev–Trinajstić information content (AvgIpc) is 3.58. The molecular formula is C44H37SSi. The Labute approximate surface area is 282 Å². The predicted octanol–water partition coefficient (Wildman–Crippen LogP) is 9.77. The van der Waals surface area contributed by atoms with E-state index in [0.717, 1.165) is 50.4 Å². The Balaban J connectivity index is 1.13. The molecule has 1 aliphatic carbocycles. The van der Waals surface area contributed by atoms with Gasteiger partial charge in [-0.2, -0.15) is 0 Å². The van der Waals surface area contributed by atoms with Gasteiger partial charge in [-0.05, 0) is 141 Å². The number of thioether (sulfide) groups is 1. The normalized spacial score (nSPS) is 12.4. The van der Waals surface area contributed by atoms with Gasteiger partial charge >= 0.3 is 0 Å². The summed E-state index contributed by atoms with van der Waals surface area (Å²) >= 11 is 1.95. The average molecular weight is 626 g/mol. The summed E-state index contributed by atoms with van der Waals surface area (Å²) in [5.74, 6) is 28.3. The highest BCUT2D eigenvalue weighted by Gasteiger charge is 2.14. The largest absolute Gasteiger partial charge is 0.126 e. The molecule has 0 nitrogen and oxygen atoms in total. The predicted molar refractivity (Wildman–Crippen MR) is 199 cm³/mol. The Morgan fingerprint density at radius 3 is 1.46 bits per heavy atom. The number of benzene rings is 4. The molecule has 1 saturated carbocycles. The Kier molecular flexibility index (Phi) is 11.7. The van der Waals surface area contributed by atoms with E-state index in [1.54, 1.807) is 0 Å². The molecular weight excluding hydrogens is 589 g/mol. The van der Waals surface area contributed by atoms with Gasteiger partial charge in [0.25, 0.3) is 0 Å². The Morgan fingerprint density at radius 1 is 0.522 bits per heavy atom. The minimum absolute atomic E-state index is 0.943. The van der Waals surface area contributed by atoms with Crippen LogP contribution in [-0.2, 0) is 0 Å². The second-order valence-electron chi connectivity index (χ2n) is 12.4. The summed E-state index contributed by atoms with van der Waals surface area (Å²) in [6.07, 6.45) is 9.31. The second kappa shape index (κ2) is 16.3. The Morgan fingerprint density at radius 2 is 0.957 bits per heavy atom. The molecule has 0 atom stereocenters. The van der Waals surface area contributed by atoms with Crippen molar-refractivity contribution in [2.24, 2.45) is 0 Å². The Hall–Kier alpha value is -4.31. The third-order valence-electron chi connectivity index (χ3n) is 7.25. The molecule has 0 N–H and O–H groups in total. The van der Waals surface area contributed by atoms with Crippen molar-refractivity contribution in [3.8, 4) is 47.4 Å². The molecule has 223 valence electrons. The van der Waals surface area contributed by atoms with Crippen LogP contribution < -0.4 is 0 Å². The van der Waals surface area contributed by atoms with E-state index in [4.69, 9.17) is 0 Å². The van der Waals surface area contributed by atoms with Crippen molar-refractivity contribution in [3.63, 3.8) is 0 Å². The fourth-order valence-electron chi connectivity index (χ4n) is 4.61. The first-order chi connectivity index (χ1) is 22.3. The number of hydrogen-bond acceptors (Lipinski definition) is 1. The van der Waals surface area contributed by atoms with Crippen molar-refractivity contribution in [2.75, 3.05) is 5.75 Å². The molecule has 0 amide bonds. The molecule has 0 bridgehead atoms. The maximum absolute atomic E-state index is 3.32. The van der Waals surface area contributed by atoms with Crippen molar-refractivity contribution >= 4 is 19.8 Å². The van der Waals surface area contributed by atoms with E-state index in [1.807, 2.05) is 92.0 Å². The first-order valence-electron chi connectivity index (χ1n) is 15.6. The highest BCUT2D eigenvalue weighted by Crippen LogP contribution is 2.23. The quantitative estimate of drug-likeness (QED) is 0.0921. The van der Waals surface area contributed by atoms with Crippen LogP contribution in [0.3, 0.4) is 0 Å².